The van der Waals surface area contributed by atoms with Crippen molar-refractivity contribution in [2.24, 2.45) is 11.8 Å². The Hall–Kier alpha value is -2.26. The van der Waals surface area contributed by atoms with E-state index in [1.165, 1.54) is 11.3 Å². The predicted octanol–water partition coefficient (Wildman–Crippen LogP) is 1.96. The summed E-state index contributed by atoms with van der Waals surface area (Å²) in [6, 6.07) is 1.72. The fourth-order valence-corrected chi connectivity index (χ4v) is 6.11. The number of amides is 2. The number of carbonyl (C=O) groups excluding carboxylic acids is 2. The molecule has 2 aromatic rings. The van der Waals surface area contributed by atoms with E-state index < -0.39 is 6.04 Å². The molecular weight excluding hydrogens is 402 g/mol. The van der Waals surface area contributed by atoms with Gasteiger partial charge in [0.2, 0.25) is 11.8 Å². The number of likely N-dealkylation sites (tertiary alicyclic amines) is 1. The quantitative estimate of drug-likeness (QED) is 0.781. The number of nitrogens with one attached hydrogen (secondary N) is 1. The summed E-state index contributed by atoms with van der Waals surface area (Å²) in [7, 11) is 0. The Morgan fingerprint density at radius 3 is 2.97 bits per heavy atom. The van der Waals surface area contributed by atoms with Crippen LogP contribution in [0.5, 0.6) is 0 Å². The van der Waals surface area contributed by atoms with Gasteiger partial charge in [0.1, 0.15) is 11.8 Å². The maximum absolute atomic E-state index is 13.3. The molecule has 2 amide bonds. The molecule has 8 nitrogen and oxygen atoms in total. The summed E-state index contributed by atoms with van der Waals surface area (Å²) in [5.74, 6) is 1.43. The van der Waals surface area contributed by atoms with Crippen molar-refractivity contribution in [1.29, 1.82) is 0 Å². The average Bonchev–Trinajstić information content (AvgIpc) is 3.39. The van der Waals surface area contributed by atoms with Crippen LogP contribution in [0.3, 0.4) is 0 Å². The van der Waals surface area contributed by atoms with Gasteiger partial charge in [0.05, 0.1) is 23.4 Å². The van der Waals surface area contributed by atoms with Crippen LogP contribution in [0.1, 0.15) is 42.8 Å². The summed E-state index contributed by atoms with van der Waals surface area (Å²) in [5, 5.41) is 9.13. The second-order valence-electron chi connectivity index (χ2n) is 8.78. The molecule has 3 fully saturated rings. The van der Waals surface area contributed by atoms with Crippen molar-refractivity contribution in [2.75, 3.05) is 13.1 Å². The topological polar surface area (TPSA) is 91.6 Å². The molecule has 3 saturated heterocycles. The van der Waals surface area contributed by atoms with E-state index in [-0.39, 0.29) is 23.8 Å². The number of hydrogen-bond acceptors (Lipinski definition) is 7. The van der Waals surface area contributed by atoms with Crippen LogP contribution in [0, 0.1) is 18.8 Å². The van der Waals surface area contributed by atoms with E-state index in [1.807, 2.05) is 23.3 Å². The summed E-state index contributed by atoms with van der Waals surface area (Å²) in [4.78, 5) is 34.7. The molecule has 3 aliphatic heterocycles. The SMILES string of the molecule is Cc1cc(CN2C[C@@H]3C[C@H](C2)[C@H](C(=O)NCc2cscn2)N2C(=O)CCC[C@@H]32)no1. The predicted molar refractivity (Wildman–Crippen MR) is 110 cm³/mol. The Balaban J connectivity index is 1.36. The first-order valence-electron chi connectivity index (χ1n) is 10.7. The molecule has 1 N–H and O–H groups in total. The summed E-state index contributed by atoms with van der Waals surface area (Å²) < 4.78 is 5.23. The standard InChI is InChI=1S/C21H27N5O3S/c1-13-5-16(24-29-13)10-25-8-14-6-15(9-25)20(26-18(14)3-2-4-19(26)27)21(28)22-7-17-11-30-12-23-17/h5,11-12,14-15,18,20H,2-4,6-10H2,1H3,(H,22,28)/t14-,15+,18-,20+/m0/s1. The highest BCUT2D eigenvalue weighted by Gasteiger charge is 2.51. The number of aromatic nitrogens is 2. The van der Waals surface area contributed by atoms with E-state index in [0.29, 0.717) is 18.9 Å². The van der Waals surface area contributed by atoms with Crippen LogP contribution >= 0.6 is 11.3 Å². The maximum Gasteiger partial charge on any atom is 0.243 e. The molecule has 5 heterocycles. The van der Waals surface area contributed by atoms with Crippen LogP contribution in [0.25, 0.3) is 0 Å². The van der Waals surface area contributed by atoms with Gasteiger partial charge in [-0.15, -0.1) is 11.3 Å². The van der Waals surface area contributed by atoms with Crippen molar-refractivity contribution in [3.8, 4) is 0 Å². The highest BCUT2D eigenvalue weighted by Crippen LogP contribution is 2.42. The molecule has 0 spiro atoms. The number of aryl methyl sites for hydroxylation is 1. The van der Waals surface area contributed by atoms with E-state index in [4.69, 9.17) is 4.52 Å². The van der Waals surface area contributed by atoms with Crippen molar-refractivity contribution in [3.05, 3.63) is 34.1 Å². The summed E-state index contributed by atoms with van der Waals surface area (Å²) in [6.45, 7) is 4.75. The normalized spacial score (nSPS) is 29.0. The maximum atomic E-state index is 13.3. The Morgan fingerprint density at radius 1 is 1.33 bits per heavy atom. The zero-order chi connectivity index (χ0) is 20.7. The highest BCUT2D eigenvalue weighted by atomic mass is 32.1. The third-order valence-electron chi connectivity index (χ3n) is 6.68. The number of carbonyl (C=O) groups is 2. The van der Waals surface area contributed by atoms with Gasteiger partial charge < -0.3 is 14.7 Å². The smallest absolute Gasteiger partial charge is 0.243 e. The van der Waals surface area contributed by atoms with Crippen molar-refractivity contribution in [3.63, 3.8) is 0 Å². The molecule has 5 rings (SSSR count). The number of hydrogen-bond donors (Lipinski definition) is 1. The first kappa shape index (κ1) is 19.7. The van der Waals surface area contributed by atoms with Crippen molar-refractivity contribution < 1.29 is 14.1 Å². The van der Waals surface area contributed by atoms with E-state index in [0.717, 1.165) is 56.0 Å². The van der Waals surface area contributed by atoms with Crippen LogP contribution in [-0.4, -0.2) is 56.9 Å². The molecule has 0 aliphatic carbocycles. The number of rotatable bonds is 5. The molecule has 4 atom stereocenters. The van der Waals surface area contributed by atoms with Crippen molar-refractivity contribution >= 4 is 23.2 Å². The second kappa shape index (κ2) is 8.11. The fraction of sp³-hybridized carbons (Fsp3) is 0.619. The Labute approximate surface area is 179 Å². The minimum absolute atomic E-state index is 0.0502. The molecule has 0 aromatic carbocycles. The average molecular weight is 430 g/mol. The van der Waals surface area contributed by atoms with Crippen LogP contribution in [0.15, 0.2) is 21.5 Å². The van der Waals surface area contributed by atoms with Gasteiger partial charge in [-0.25, -0.2) is 4.98 Å². The zero-order valence-electron chi connectivity index (χ0n) is 17.1. The molecule has 30 heavy (non-hydrogen) atoms. The monoisotopic (exact) mass is 429 g/mol. The van der Waals surface area contributed by atoms with Crippen LogP contribution in [-0.2, 0) is 22.7 Å². The van der Waals surface area contributed by atoms with Gasteiger partial charge in [0.15, 0.2) is 0 Å². The van der Waals surface area contributed by atoms with Gasteiger partial charge in [0, 0.05) is 49.5 Å². The number of piperidine rings is 3. The molecule has 2 bridgehead atoms. The first-order chi connectivity index (χ1) is 14.6. The molecular formula is C21H27N5O3S. The lowest BCUT2D eigenvalue weighted by Gasteiger charge is -2.55. The van der Waals surface area contributed by atoms with Gasteiger partial charge >= 0.3 is 0 Å². The van der Waals surface area contributed by atoms with Crippen LogP contribution in [0.4, 0.5) is 0 Å². The molecule has 0 unspecified atom stereocenters. The van der Waals surface area contributed by atoms with Crippen LogP contribution < -0.4 is 5.32 Å². The molecule has 160 valence electrons. The number of nitrogens with zero attached hydrogens (tertiary/aromatic N) is 4. The van der Waals surface area contributed by atoms with Crippen molar-refractivity contribution in [1.82, 2.24) is 25.3 Å². The molecule has 3 aliphatic rings. The van der Waals surface area contributed by atoms with Gasteiger partial charge in [-0.05, 0) is 32.1 Å². The summed E-state index contributed by atoms with van der Waals surface area (Å²) in [5.41, 5.74) is 3.55. The number of fused-ring (bicyclic) bond motifs is 4. The second-order valence-corrected chi connectivity index (χ2v) is 9.50. The molecule has 2 aromatic heterocycles. The number of thiazole rings is 1. The molecule has 0 radical (unpaired) electrons. The fourth-order valence-electron chi connectivity index (χ4n) is 5.55. The lowest BCUT2D eigenvalue weighted by Crippen LogP contribution is -2.68. The van der Waals surface area contributed by atoms with Gasteiger partial charge in [-0.3, -0.25) is 14.5 Å². The lowest BCUT2D eigenvalue weighted by molar-refractivity contribution is -0.160. The summed E-state index contributed by atoms with van der Waals surface area (Å²) >= 11 is 1.52. The first-order valence-corrected chi connectivity index (χ1v) is 11.6. The third kappa shape index (κ3) is 3.76. The highest BCUT2D eigenvalue weighted by molar-refractivity contribution is 7.07. The summed E-state index contributed by atoms with van der Waals surface area (Å²) in [6.07, 6.45) is 3.44. The zero-order valence-corrected chi connectivity index (χ0v) is 17.9. The van der Waals surface area contributed by atoms with Crippen LogP contribution in [0.2, 0.25) is 0 Å². The Bertz CT molecular complexity index is 914. The van der Waals surface area contributed by atoms with E-state index in [1.54, 1.807) is 5.51 Å². The minimum atomic E-state index is -0.403. The molecule has 9 heteroatoms. The van der Waals surface area contributed by atoms with Gasteiger partial charge in [0.25, 0.3) is 0 Å². The molecule has 0 saturated carbocycles. The third-order valence-corrected chi connectivity index (χ3v) is 7.31. The van der Waals surface area contributed by atoms with Gasteiger partial charge in [-0.1, -0.05) is 5.16 Å². The van der Waals surface area contributed by atoms with Gasteiger partial charge in [-0.2, -0.15) is 0 Å². The van der Waals surface area contributed by atoms with E-state index in [2.05, 4.69) is 20.4 Å². The van der Waals surface area contributed by atoms with Crippen molar-refractivity contribution in [2.45, 2.75) is 57.8 Å². The largest absolute Gasteiger partial charge is 0.361 e. The minimum Gasteiger partial charge on any atom is -0.361 e. The Morgan fingerprint density at radius 2 is 2.20 bits per heavy atom. The van der Waals surface area contributed by atoms with E-state index >= 15 is 0 Å². The lowest BCUT2D eigenvalue weighted by atomic mass is 9.71. The Kier molecular flexibility index (Phi) is 5.32. The van der Waals surface area contributed by atoms with E-state index in [9.17, 15) is 9.59 Å².